The van der Waals surface area contributed by atoms with E-state index in [9.17, 15) is 0 Å². The SMILES string of the molecule is C/C=C\c1c(N)cccc1[NH2+]C.CN(CCSSCCN(C)c1ccc(N=Nc2cccc3c2ccc[n+]3C)cc1)c1ccc(N)cc1. The summed E-state index contributed by atoms with van der Waals surface area (Å²) in [7, 11) is 12.1. The lowest BCUT2D eigenvalue weighted by molar-refractivity contribution is -0.644. The summed E-state index contributed by atoms with van der Waals surface area (Å²) in [6.07, 6.45) is 6.07. The van der Waals surface area contributed by atoms with E-state index in [0.717, 1.165) is 63.8 Å². The fraction of sp³-hybridized carbons (Fsp3) is 0.237. The summed E-state index contributed by atoms with van der Waals surface area (Å²) in [6.45, 7) is 3.98. The summed E-state index contributed by atoms with van der Waals surface area (Å²) >= 11 is 0. The van der Waals surface area contributed by atoms with Crippen molar-refractivity contribution in [2.45, 2.75) is 6.92 Å². The van der Waals surface area contributed by atoms with E-state index in [1.54, 1.807) is 0 Å². The van der Waals surface area contributed by atoms with Crippen LogP contribution in [-0.4, -0.2) is 45.7 Å². The predicted molar refractivity (Wildman–Crippen MR) is 211 cm³/mol. The lowest BCUT2D eigenvalue weighted by atomic mass is 10.1. The van der Waals surface area contributed by atoms with E-state index in [0.29, 0.717) is 0 Å². The summed E-state index contributed by atoms with van der Waals surface area (Å²) in [5.74, 6) is 2.14. The van der Waals surface area contributed by atoms with Crippen LogP contribution in [0.3, 0.4) is 0 Å². The summed E-state index contributed by atoms with van der Waals surface area (Å²) in [6, 6.07) is 32.5. The Morgan fingerprint density at radius 3 is 2.02 bits per heavy atom. The standard InChI is InChI=1S/C28H33N6S2.C10H14N2/c1-32(24-13-9-22(29)10-14-24)18-20-35-36-21-19-33(2)25-15-11-23(12-16-25)30-31-27-7-4-8-28-26(27)6-5-17-34(28)3;1-3-5-8-9(11)6-4-7-10(8)12-2/h4-17H,18-21,29H2,1-3H3;3-7,12H,11H2,1-2H3/q+1;/p+1/b;5-3-. The highest BCUT2D eigenvalue weighted by atomic mass is 33.1. The van der Waals surface area contributed by atoms with E-state index < -0.39 is 0 Å². The second-order valence-electron chi connectivity index (χ2n) is 11.3. The molecule has 0 spiro atoms. The lowest BCUT2D eigenvalue weighted by Crippen LogP contribution is -2.73. The molecule has 0 aliphatic heterocycles. The first-order valence-corrected chi connectivity index (χ1v) is 18.5. The first kappa shape index (κ1) is 36.3. The van der Waals surface area contributed by atoms with Gasteiger partial charge in [-0.1, -0.05) is 45.9 Å². The van der Waals surface area contributed by atoms with Crippen molar-refractivity contribution < 1.29 is 9.88 Å². The number of nitrogens with two attached hydrogens (primary N) is 3. The first-order valence-electron chi connectivity index (χ1n) is 16.0. The maximum Gasteiger partial charge on any atom is 0.214 e. The molecule has 250 valence electrons. The molecule has 0 unspecified atom stereocenters. The van der Waals surface area contributed by atoms with Crippen LogP contribution in [-0.2, 0) is 7.05 Å². The molecule has 0 atom stereocenters. The maximum atomic E-state index is 5.81. The Bertz CT molecular complexity index is 1790. The normalized spacial score (nSPS) is 11.2. The summed E-state index contributed by atoms with van der Waals surface area (Å²) in [4.78, 5) is 4.54. The Balaban J connectivity index is 0.000000365. The van der Waals surface area contributed by atoms with Gasteiger partial charge < -0.3 is 26.6 Å². The van der Waals surface area contributed by atoms with Gasteiger partial charge in [0.15, 0.2) is 6.20 Å². The van der Waals surface area contributed by atoms with Gasteiger partial charge in [-0.25, -0.2) is 4.57 Å². The molecule has 0 fully saturated rings. The predicted octanol–water partition coefficient (Wildman–Crippen LogP) is 7.74. The van der Waals surface area contributed by atoms with Crippen LogP contribution in [0.4, 0.5) is 39.8 Å². The zero-order valence-corrected chi connectivity index (χ0v) is 30.2. The van der Waals surface area contributed by atoms with Crippen LogP contribution in [0.25, 0.3) is 17.0 Å². The molecular formula is C38H48N8S2+2. The first-order chi connectivity index (χ1) is 23.3. The van der Waals surface area contributed by atoms with Crippen LogP contribution >= 0.6 is 21.6 Å². The molecule has 5 aromatic rings. The molecule has 0 aliphatic rings. The third-order valence-electron chi connectivity index (χ3n) is 7.83. The molecular weight excluding hydrogens is 633 g/mol. The topological polar surface area (TPSA) is 104 Å². The Morgan fingerprint density at radius 2 is 1.40 bits per heavy atom. The van der Waals surface area contributed by atoms with Crippen LogP contribution in [0.2, 0.25) is 0 Å². The molecule has 0 aliphatic carbocycles. The van der Waals surface area contributed by atoms with Gasteiger partial charge in [0.25, 0.3) is 0 Å². The van der Waals surface area contributed by atoms with E-state index in [4.69, 9.17) is 11.5 Å². The van der Waals surface area contributed by atoms with Crippen molar-refractivity contribution in [3.63, 3.8) is 0 Å². The maximum absolute atomic E-state index is 5.81. The van der Waals surface area contributed by atoms with Crippen molar-refractivity contribution in [3.8, 4) is 0 Å². The number of azo groups is 1. The molecule has 4 aromatic carbocycles. The number of nitrogens with zero attached hydrogens (tertiary/aromatic N) is 5. The summed E-state index contributed by atoms with van der Waals surface area (Å²) in [5, 5.41) is 12.1. The molecule has 0 radical (unpaired) electrons. The van der Waals surface area contributed by atoms with E-state index in [1.165, 1.54) is 17.1 Å². The van der Waals surface area contributed by atoms with Crippen molar-refractivity contribution in [2.75, 3.05) is 67.0 Å². The number of rotatable bonds is 13. The van der Waals surface area contributed by atoms with Gasteiger partial charge in [0.1, 0.15) is 12.7 Å². The summed E-state index contributed by atoms with van der Waals surface area (Å²) < 4.78 is 2.09. The minimum atomic E-state index is 0.801. The van der Waals surface area contributed by atoms with Crippen molar-refractivity contribution in [3.05, 3.63) is 115 Å². The largest absolute Gasteiger partial charge is 0.399 e. The van der Waals surface area contributed by atoms with Gasteiger partial charge >= 0.3 is 0 Å². The molecule has 8 nitrogen and oxygen atoms in total. The highest BCUT2D eigenvalue weighted by molar-refractivity contribution is 8.76. The smallest absolute Gasteiger partial charge is 0.214 e. The molecule has 5 rings (SSSR count). The number of quaternary nitrogens is 1. The molecule has 0 amide bonds. The molecule has 10 heteroatoms. The molecule has 0 saturated heterocycles. The number of pyridine rings is 1. The van der Waals surface area contributed by atoms with Crippen molar-refractivity contribution >= 4 is 78.4 Å². The van der Waals surface area contributed by atoms with Gasteiger partial charge in [-0.2, -0.15) is 5.11 Å². The number of allylic oxidation sites excluding steroid dienone is 1. The monoisotopic (exact) mass is 680 g/mol. The minimum Gasteiger partial charge on any atom is -0.399 e. The van der Waals surface area contributed by atoms with Crippen LogP contribution in [0.15, 0.2) is 120 Å². The Kier molecular flexibility index (Phi) is 14.2. The van der Waals surface area contributed by atoms with Crippen LogP contribution in [0.1, 0.15) is 12.5 Å². The van der Waals surface area contributed by atoms with Gasteiger partial charge in [0, 0.05) is 73.6 Å². The average Bonchev–Trinajstić information content (AvgIpc) is 3.10. The third-order valence-corrected chi connectivity index (χ3v) is 10.2. The van der Waals surface area contributed by atoms with Crippen molar-refractivity contribution in [1.29, 1.82) is 0 Å². The van der Waals surface area contributed by atoms with E-state index in [2.05, 4.69) is 86.5 Å². The Hall–Kier alpha value is -4.51. The van der Waals surface area contributed by atoms with Crippen LogP contribution in [0, 0.1) is 0 Å². The van der Waals surface area contributed by atoms with Crippen LogP contribution < -0.4 is 31.2 Å². The number of anilines is 4. The highest BCUT2D eigenvalue weighted by Gasteiger charge is 2.08. The quantitative estimate of drug-likeness (QED) is 0.0387. The Morgan fingerprint density at radius 1 is 0.771 bits per heavy atom. The van der Waals surface area contributed by atoms with Gasteiger partial charge in [-0.15, -0.1) is 5.11 Å². The zero-order valence-electron chi connectivity index (χ0n) is 28.6. The van der Waals surface area contributed by atoms with E-state index >= 15 is 0 Å². The van der Waals surface area contributed by atoms with Gasteiger partial charge in [-0.3, -0.25) is 0 Å². The molecule has 48 heavy (non-hydrogen) atoms. The molecule has 6 N–H and O–H groups in total. The van der Waals surface area contributed by atoms with Gasteiger partial charge in [-0.05, 0) is 79.7 Å². The number of aryl methyl sites for hydroxylation is 1. The number of fused-ring (bicyclic) bond motifs is 1. The zero-order chi connectivity index (χ0) is 34.3. The molecule has 1 aromatic heterocycles. The number of hydrogen-bond donors (Lipinski definition) is 3. The Labute approximate surface area is 293 Å². The molecule has 0 bridgehead atoms. The van der Waals surface area contributed by atoms with E-state index in [-0.39, 0.29) is 0 Å². The van der Waals surface area contributed by atoms with Crippen molar-refractivity contribution in [1.82, 2.24) is 0 Å². The van der Waals surface area contributed by atoms with Crippen molar-refractivity contribution in [2.24, 2.45) is 17.3 Å². The summed E-state index contributed by atoms with van der Waals surface area (Å²) in [5.41, 5.74) is 20.8. The second kappa shape index (κ2) is 18.7. The molecule has 0 saturated carbocycles. The number of aromatic nitrogens is 1. The minimum absolute atomic E-state index is 0.801. The van der Waals surface area contributed by atoms with Gasteiger partial charge in [0.2, 0.25) is 5.52 Å². The average molecular weight is 681 g/mol. The number of nitrogen functional groups attached to an aromatic ring is 2. The number of hydrogen-bond acceptors (Lipinski definition) is 8. The fourth-order valence-corrected chi connectivity index (χ4v) is 7.09. The lowest BCUT2D eigenvalue weighted by Gasteiger charge is -2.20. The number of benzene rings is 4. The molecule has 1 heterocycles. The third kappa shape index (κ3) is 10.5. The van der Waals surface area contributed by atoms with E-state index in [1.807, 2.05) is 116 Å². The van der Waals surface area contributed by atoms with Gasteiger partial charge in [0.05, 0.1) is 29.4 Å². The second-order valence-corrected chi connectivity index (χ2v) is 14.0. The van der Waals surface area contributed by atoms with Crippen LogP contribution in [0.5, 0.6) is 0 Å². The fourth-order valence-electron chi connectivity index (χ4n) is 5.01. The highest BCUT2D eigenvalue weighted by Crippen LogP contribution is 2.28.